The number of nitrogens with one attached hydrogen (secondary N) is 2. The van der Waals surface area contributed by atoms with E-state index in [1.54, 1.807) is 32.3 Å². The highest BCUT2D eigenvalue weighted by Gasteiger charge is 2.21. The topological polar surface area (TPSA) is 115 Å². The summed E-state index contributed by atoms with van der Waals surface area (Å²) in [6.07, 6.45) is 3.50. The third-order valence-electron chi connectivity index (χ3n) is 5.48. The van der Waals surface area contributed by atoms with Crippen molar-refractivity contribution >= 4 is 40.4 Å². The fraction of sp³-hybridized carbons (Fsp3) is 0.292. The van der Waals surface area contributed by atoms with Crippen LogP contribution in [0.1, 0.15) is 32.0 Å². The van der Waals surface area contributed by atoms with Crippen LogP contribution in [0, 0.1) is 12.7 Å². The van der Waals surface area contributed by atoms with Crippen molar-refractivity contribution < 1.29 is 13.7 Å². The van der Waals surface area contributed by atoms with E-state index in [-0.39, 0.29) is 22.5 Å². The molecule has 0 unspecified atom stereocenters. The second kappa shape index (κ2) is 9.14. The summed E-state index contributed by atoms with van der Waals surface area (Å²) >= 11 is 1.38. The average molecular weight is 497 g/mol. The number of hydrogen-bond donors (Lipinski definition) is 2. The zero-order chi connectivity index (χ0) is 25.5. The minimum Gasteiger partial charge on any atom is -0.338 e. The molecule has 182 valence electrons. The molecule has 2 amide bonds. The van der Waals surface area contributed by atoms with E-state index in [0.29, 0.717) is 38.6 Å². The number of carbonyl (C=O) groups excluding carboxylic acids is 1. The summed E-state index contributed by atoms with van der Waals surface area (Å²) < 4.78 is 21.3. The number of urea groups is 1. The Labute approximate surface area is 205 Å². The summed E-state index contributed by atoms with van der Waals surface area (Å²) in [5.74, 6) is -0.506. The van der Waals surface area contributed by atoms with Gasteiger partial charge in [0.2, 0.25) is 5.88 Å². The number of amides is 2. The molecule has 1 aromatic carbocycles. The van der Waals surface area contributed by atoms with Gasteiger partial charge in [0, 0.05) is 35.7 Å². The van der Waals surface area contributed by atoms with E-state index in [1.165, 1.54) is 28.5 Å². The van der Waals surface area contributed by atoms with Gasteiger partial charge in [0.15, 0.2) is 5.16 Å². The first kappa shape index (κ1) is 24.4. The molecule has 0 saturated carbocycles. The molecule has 2 N–H and O–H groups in total. The van der Waals surface area contributed by atoms with Gasteiger partial charge in [-0.05, 0) is 42.5 Å². The predicted octanol–water partition coefficient (Wildman–Crippen LogP) is 5.09. The molecule has 0 atom stereocenters. The number of aryl methyl sites for hydroxylation is 2. The van der Waals surface area contributed by atoms with Crippen LogP contribution in [0.25, 0.3) is 22.2 Å². The number of aromatic nitrogens is 4. The standard InChI is InChI=1S/C24H25FN6O3S/c1-12-7-16(25)17(27-22(33)28-19-10-18(30-34-19)24(2,3)4)9-14(12)15-8-13-11-26-23(35-6)29-20(13)31(5)21(15)32/h7-11H,1-6H3,(H2,27,28,33). The molecule has 0 aliphatic heterocycles. The zero-order valence-corrected chi connectivity index (χ0v) is 21.0. The molecule has 3 heterocycles. The van der Waals surface area contributed by atoms with E-state index in [2.05, 4.69) is 25.8 Å². The van der Waals surface area contributed by atoms with Crippen LogP contribution in [0.3, 0.4) is 0 Å². The monoisotopic (exact) mass is 496 g/mol. The van der Waals surface area contributed by atoms with Crippen LogP contribution in [0.5, 0.6) is 0 Å². The first-order valence-corrected chi connectivity index (χ1v) is 12.0. The molecule has 0 spiro atoms. The molecule has 4 rings (SSSR count). The zero-order valence-electron chi connectivity index (χ0n) is 20.2. The SMILES string of the molecule is CSc1ncc2cc(-c3cc(NC(=O)Nc4cc(C(C)(C)C)no4)c(F)cc3C)c(=O)n(C)c2n1. The number of carbonyl (C=O) groups is 1. The van der Waals surface area contributed by atoms with Crippen molar-refractivity contribution in [2.24, 2.45) is 7.05 Å². The lowest BCUT2D eigenvalue weighted by Gasteiger charge is -2.14. The van der Waals surface area contributed by atoms with E-state index in [9.17, 15) is 14.0 Å². The molecular weight excluding hydrogens is 471 g/mol. The quantitative estimate of drug-likeness (QED) is 0.299. The van der Waals surface area contributed by atoms with Crippen LogP contribution in [0.15, 0.2) is 44.9 Å². The number of anilines is 2. The third kappa shape index (κ3) is 4.90. The smallest absolute Gasteiger partial charge is 0.326 e. The van der Waals surface area contributed by atoms with E-state index in [0.717, 1.165) is 0 Å². The van der Waals surface area contributed by atoms with Crippen LogP contribution in [-0.4, -0.2) is 32.0 Å². The molecule has 0 saturated heterocycles. The first-order chi connectivity index (χ1) is 16.5. The van der Waals surface area contributed by atoms with Gasteiger partial charge in [0.25, 0.3) is 5.56 Å². The normalized spacial score (nSPS) is 11.6. The largest absolute Gasteiger partial charge is 0.338 e. The van der Waals surface area contributed by atoms with Crippen molar-refractivity contribution in [3.8, 4) is 11.1 Å². The number of rotatable bonds is 4. The van der Waals surface area contributed by atoms with Gasteiger partial charge in [-0.15, -0.1) is 0 Å². The minimum atomic E-state index is -0.709. The van der Waals surface area contributed by atoms with Crippen molar-refractivity contribution in [2.75, 3.05) is 16.9 Å². The number of hydrogen-bond acceptors (Lipinski definition) is 7. The van der Waals surface area contributed by atoms with Gasteiger partial charge in [-0.3, -0.25) is 14.7 Å². The maximum atomic E-state index is 14.7. The predicted molar refractivity (Wildman–Crippen MR) is 135 cm³/mol. The number of thioether (sulfide) groups is 1. The molecule has 0 fully saturated rings. The Morgan fingerprint density at radius 2 is 1.89 bits per heavy atom. The molecule has 11 heteroatoms. The van der Waals surface area contributed by atoms with Crippen molar-refractivity contribution in [1.29, 1.82) is 0 Å². The van der Waals surface area contributed by atoms with Crippen LogP contribution < -0.4 is 16.2 Å². The molecule has 0 bridgehead atoms. The number of fused-ring (bicyclic) bond motifs is 1. The van der Waals surface area contributed by atoms with Gasteiger partial charge in [0.1, 0.15) is 11.5 Å². The highest BCUT2D eigenvalue weighted by atomic mass is 32.2. The van der Waals surface area contributed by atoms with Crippen LogP contribution >= 0.6 is 11.8 Å². The summed E-state index contributed by atoms with van der Waals surface area (Å²) in [5.41, 5.74) is 1.87. The maximum Gasteiger partial charge on any atom is 0.326 e. The number of halogens is 1. The lowest BCUT2D eigenvalue weighted by molar-refractivity contribution is 0.261. The Bertz CT molecular complexity index is 1510. The van der Waals surface area contributed by atoms with E-state index < -0.39 is 11.8 Å². The van der Waals surface area contributed by atoms with Gasteiger partial charge in [0.05, 0.1) is 11.4 Å². The maximum absolute atomic E-state index is 14.7. The lowest BCUT2D eigenvalue weighted by Crippen LogP contribution is -2.21. The van der Waals surface area contributed by atoms with Crippen molar-refractivity contribution in [3.63, 3.8) is 0 Å². The molecule has 9 nitrogen and oxygen atoms in total. The molecule has 0 radical (unpaired) electrons. The number of benzene rings is 1. The average Bonchev–Trinajstić information content (AvgIpc) is 3.27. The van der Waals surface area contributed by atoms with Gasteiger partial charge in [-0.2, -0.15) is 0 Å². The number of pyridine rings is 1. The van der Waals surface area contributed by atoms with Crippen molar-refractivity contribution in [3.05, 3.63) is 57.9 Å². The lowest BCUT2D eigenvalue weighted by atomic mass is 9.92. The van der Waals surface area contributed by atoms with E-state index in [1.807, 2.05) is 27.0 Å². The van der Waals surface area contributed by atoms with Crippen molar-refractivity contribution in [1.82, 2.24) is 19.7 Å². The molecule has 4 aromatic rings. The molecule has 35 heavy (non-hydrogen) atoms. The minimum absolute atomic E-state index is 0.0882. The molecule has 3 aromatic heterocycles. The van der Waals surface area contributed by atoms with Crippen LogP contribution in [0.2, 0.25) is 0 Å². The van der Waals surface area contributed by atoms with Crippen molar-refractivity contribution in [2.45, 2.75) is 38.3 Å². The summed E-state index contributed by atoms with van der Waals surface area (Å²) in [4.78, 5) is 34.4. The number of nitrogens with zero attached hydrogens (tertiary/aromatic N) is 4. The molecular formula is C24H25FN6O3S. The fourth-order valence-corrected chi connectivity index (χ4v) is 3.87. The molecule has 0 aliphatic carbocycles. The Kier molecular flexibility index (Phi) is 6.37. The summed E-state index contributed by atoms with van der Waals surface area (Å²) in [7, 11) is 1.62. The van der Waals surface area contributed by atoms with Crippen LogP contribution in [-0.2, 0) is 12.5 Å². The first-order valence-electron chi connectivity index (χ1n) is 10.7. The Morgan fingerprint density at radius 3 is 2.54 bits per heavy atom. The highest BCUT2D eigenvalue weighted by Crippen LogP contribution is 2.29. The fourth-order valence-electron chi connectivity index (χ4n) is 3.53. The van der Waals surface area contributed by atoms with Gasteiger partial charge < -0.3 is 9.84 Å². The third-order valence-corrected chi connectivity index (χ3v) is 6.04. The summed E-state index contributed by atoms with van der Waals surface area (Å²) in [5, 5.41) is 10.2. The molecule has 0 aliphatic rings. The van der Waals surface area contributed by atoms with Crippen LogP contribution in [0.4, 0.5) is 20.8 Å². The van der Waals surface area contributed by atoms with Gasteiger partial charge in [-0.1, -0.05) is 37.7 Å². The Hall–Kier alpha value is -3.73. The summed E-state index contributed by atoms with van der Waals surface area (Å²) in [6, 6.07) is 5.28. The second-order valence-corrected chi connectivity index (χ2v) is 9.88. The Morgan fingerprint density at radius 1 is 1.14 bits per heavy atom. The summed E-state index contributed by atoms with van der Waals surface area (Å²) in [6.45, 7) is 7.58. The second-order valence-electron chi connectivity index (χ2n) is 9.11. The van der Waals surface area contributed by atoms with Gasteiger partial charge >= 0.3 is 6.03 Å². The van der Waals surface area contributed by atoms with Gasteiger partial charge in [-0.25, -0.2) is 19.2 Å². The van der Waals surface area contributed by atoms with E-state index in [4.69, 9.17) is 4.52 Å². The van der Waals surface area contributed by atoms with E-state index >= 15 is 0 Å². The highest BCUT2D eigenvalue weighted by molar-refractivity contribution is 7.98. The Balaban J connectivity index is 1.67.